The van der Waals surface area contributed by atoms with Crippen LogP contribution in [-0.4, -0.2) is 42.6 Å². The third kappa shape index (κ3) is 6.07. The lowest BCUT2D eigenvalue weighted by atomic mass is 10.2. The Labute approximate surface area is 175 Å². The number of rotatable bonds is 10. The molecule has 0 fully saturated rings. The van der Waals surface area contributed by atoms with Gasteiger partial charge in [0.25, 0.3) is 22.7 Å². The van der Waals surface area contributed by atoms with E-state index in [2.05, 4.69) is 5.32 Å². The Kier molecular flexibility index (Phi) is 6.99. The first-order valence-electron chi connectivity index (χ1n) is 7.98. The number of nitro benzene ring substituents is 4. The lowest BCUT2D eigenvalue weighted by Gasteiger charge is -2.15. The second-order valence-corrected chi connectivity index (χ2v) is 6.89. The van der Waals surface area contributed by atoms with Crippen molar-refractivity contribution in [1.82, 2.24) is 0 Å². The first kappa shape index (κ1) is 22.9. The second-order valence-electron chi connectivity index (χ2n) is 5.80. The Morgan fingerprint density at radius 1 is 0.806 bits per heavy atom. The lowest BCUT2D eigenvalue weighted by Crippen LogP contribution is -2.31. The SMILES string of the molecule is O=C(O)C(CSc1cc([N+](=O)[O-])cc([N+](=O)[O-])c1)Nc1cc([N+](=O)[O-])cc([N+](=O)[O-])c1. The Morgan fingerprint density at radius 3 is 1.55 bits per heavy atom. The van der Waals surface area contributed by atoms with Crippen molar-refractivity contribution in [1.29, 1.82) is 0 Å². The van der Waals surface area contributed by atoms with E-state index >= 15 is 0 Å². The quantitative estimate of drug-likeness (QED) is 0.301. The van der Waals surface area contributed by atoms with Crippen LogP contribution in [0, 0.1) is 40.5 Å². The van der Waals surface area contributed by atoms with Gasteiger partial charge in [0.05, 0.1) is 31.8 Å². The van der Waals surface area contributed by atoms with E-state index in [9.17, 15) is 50.4 Å². The Morgan fingerprint density at radius 2 is 1.19 bits per heavy atom. The van der Waals surface area contributed by atoms with E-state index in [4.69, 9.17) is 0 Å². The van der Waals surface area contributed by atoms with E-state index in [0.29, 0.717) is 6.07 Å². The maximum atomic E-state index is 11.6. The molecule has 15 nitrogen and oxygen atoms in total. The zero-order chi connectivity index (χ0) is 23.3. The predicted molar refractivity (Wildman–Crippen MR) is 105 cm³/mol. The van der Waals surface area contributed by atoms with Gasteiger partial charge in [-0.1, -0.05) is 0 Å². The zero-order valence-electron chi connectivity index (χ0n) is 15.1. The monoisotopic (exact) mass is 453 g/mol. The Hall–Kier alpha value is -4.34. The highest BCUT2D eigenvalue weighted by Gasteiger charge is 2.23. The first-order valence-corrected chi connectivity index (χ1v) is 8.96. The van der Waals surface area contributed by atoms with Gasteiger partial charge in [-0.2, -0.15) is 0 Å². The molecule has 1 unspecified atom stereocenters. The summed E-state index contributed by atoms with van der Waals surface area (Å²) in [7, 11) is 0. The first-order chi connectivity index (χ1) is 14.5. The molecule has 0 aliphatic rings. The van der Waals surface area contributed by atoms with Gasteiger partial charge in [-0.25, -0.2) is 4.79 Å². The number of nitro groups is 4. The second kappa shape index (κ2) is 9.44. The number of anilines is 1. The van der Waals surface area contributed by atoms with Crippen LogP contribution in [-0.2, 0) is 4.79 Å². The largest absolute Gasteiger partial charge is 0.480 e. The number of non-ortho nitro benzene ring substituents is 4. The van der Waals surface area contributed by atoms with E-state index in [1.54, 1.807) is 0 Å². The summed E-state index contributed by atoms with van der Waals surface area (Å²) in [5.74, 6) is -1.74. The molecule has 0 saturated heterocycles. The van der Waals surface area contributed by atoms with E-state index in [1.807, 2.05) is 0 Å². The molecule has 2 N–H and O–H groups in total. The van der Waals surface area contributed by atoms with E-state index in [0.717, 1.165) is 42.1 Å². The molecule has 0 amide bonds. The maximum absolute atomic E-state index is 11.6. The zero-order valence-corrected chi connectivity index (χ0v) is 15.9. The Bertz CT molecular complexity index is 1030. The minimum atomic E-state index is -1.44. The summed E-state index contributed by atoms with van der Waals surface area (Å²) >= 11 is 0.740. The van der Waals surface area contributed by atoms with E-state index in [1.165, 1.54) is 0 Å². The highest BCUT2D eigenvalue weighted by atomic mass is 32.2. The number of nitrogens with one attached hydrogen (secondary N) is 1. The van der Waals surface area contributed by atoms with Gasteiger partial charge in [-0.3, -0.25) is 40.5 Å². The standard InChI is InChI=1S/C15H11N5O10S/c21-15(22)14(16-8-1-9(17(23)24)3-10(2-8)18(25)26)7-31-13-5-11(19(27)28)4-12(6-13)20(29)30/h1-6,14,16H,7H2,(H,21,22). The molecule has 162 valence electrons. The van der Waals surface area contributed by atoms with Gasteiger partial charge in [0, 0.05) is 40.6 Å². The van der Waals surface area contributed by atoms with Crippen molar-refractivity contribution in [2.45, 2.75) is 10.9 Å². The molecule has 0 aromatic heterocycles. The number of hydrogen-bond donors (Lipinski definition) is 2. The van der Waals surface area contributed by atoms with Crippen LogP contribution in [0.15, 0.2) is 41.3 Å². The minimum absolute atomic E-state index is 0.0407. The molecule has 0 aliphatic heterocycles. The summed E-state index contributed by atoms with van der Waals surface area (Å²) in [6, 6.07) is 3.88. The molecule has 0 radical (unpaired) electrons. The molecule has 2 aromatic rings. The maximum Gasteiger partial charge on any atom is 0.326 e. The topological polar surface area (TPSA) is 222 Å². The molecule has 0 bridgehead atoms. The Balaban J connectivity index is 2.28. The van der Waals surface area contributed by atoms with Gasteiger partial charge in [-0.05, 0) is 0 Å². The van der Waals surface area contributed by atoms with Crippen molar-refractivity contribution in [2.24, 2.45) is 0 Å². The summed E-state index contributed by atoms with van der Waals surface area (Å²) < 4.78 is 0. The van der Waals surface area contributed by atoms with Crippen molar-refractivity contribution in [2.75, 3.05) is 11.1 Å². The van der Waals surface area contributed by atoms with Crippen LogP contribution < -0.4 is 5.32 Å². The van der Waals surface area contributed by atoms with Gasteiger partial charge in [0.15, 0.2) is 0 Å². The number of hydrogen-bond acceptors (Lipinski definition) is 11. The smallest absolute Gasteiger partial charge is 0.326 e. The number of thioether (sulfide) groups is 1. The predicted octanol–water partition coefficient (Wildman–Crippen LogP) is 2.98. The van der Waals surface area contributed by atoms with Crippen LogP contribution in [0.5, 0.6) is 0 Å². The number of carbonyl (C=O) groups is 1. The summed E-state index contributed by atoms with van der Waals surface area (Å²) in [4.78, 5) is 52.0. The molecule has 0 saturated carbocycles. The van der Waals surface area contributed by atoms with Crippen LogP contribution in [0.4, 0.5) is 28.4 Å². The summed E-state index contributed by atoms with van der Waals surface area (Å²) in [5.41, 5.74) is -2.61. The van der Waals surface area contributed by atoms with Gasteiger partial charge in [0.1, 0.15) is 6.04 Å². The lowest BCUT2D eigenvalue weighted by molar-refractivity contribution is -0.394. The van der Waals surface area contributed by atoms with Gasteiger partial charge >= 0.3 is 5.97 Å². The normalized spacial score (nSPS) is 11.4. The fourth-order valence-electron chi connectivity index (χ4n) is 2.31. The summed E-state index contributed by atoms with van der Waals surface area (Å²) in [5, 5.41) is 55.6. The van der Waals surface area contributed by atoms with E-state index < -0.39 is 54.5 Å². The summed E-state index contributed by atoms with van der Waals surface area (Å²) in [6.07, 6.45) is 0. The number of nitrogens with zero attached hydrogens (tertiary/aromatic N) is 4. The molecular formula is C15H11N5O10S. The number of benzene rings is 2. The van der Waals surface area contributed by atoms with Crippen molar-refractivity contribution in [3.8, 4) is 0 Å². The number of aliphatic carboxylic acids is 1. The van der Waals surface area contributed by atoms with Crippen molar-refractivity contribution in [3.63, 3.8) is 0 Å². The van der Waals surface area contributed by atoms with Crippen LogP contribution >= 0.6 is 11.8 Å². The minimum Gasteiger partial charge on any atom is -0.480 e. The fraction of sp³-hybridized carbons (Fsp3) is 0.133. The molecule has 2 rings (SSSR count). The molecule has 1 atom stereocenters. The van der Waals surface area contributed by atoms with Gasteiger partial charge < -0.3 is 10.4 Å². The van der Waals surface area contributed by atoms with Gasteiger partial charge in [0.2, 0.25) is 0 Å². The molecule has 0 aliphatic carbocycles. The molecule has 16 heteroatoms. The highest BCUT2D eigenvalue weighted by Crippen LogP contribution is 2.31. The molecule has 31 heavy (non-hydrogen) atoms. The van der Waals surface area contributed by atoms with Crippen molar-refractivity contribution < 1.29 is 29.6 Å². The number of carboxylic acids is 1. The molecule has 0 heterocycles. The summed E-state index contributed by atoms with van der Waals surface area (Å²) in [6.45, 7) is 0. The number of carboxylic acid groups (broad SMARTS) is 1. The average Bonchev–Trinajstić information content (AvgIpc) is 2.70. The van der Waals surface area contributed by atoms with E-state index in [-0.39, 0.29) is 16.3 Å². The fourth-order valence-corrected chi connectivity index (χ4v) is 3.30. The van der Waals surface area contributed by atoms with Crippen LogP contribution in [0.2, 0.25) is 0 Å². The van der Waals surface area contributed by atoms with Crippen molar-refractivity contribution >= 4 is 46.2 Å². The third-order valence-corrected chi connectivity index (χ3v) is 4.75. The van der Waals surface area contributed by atoms with Gasteiger partial charge in [-0.15, -0.1) is 11.8 Å². The molecule has 2 aromatic carbocycles. The van der Waals surface area contributed by atoms with Crippen LogP contribution in [0.25, 0.3) is 0 Å². The van der Waals surface area contributed by atoms with Crippen LogP contribution in [0.1, 0.15) is 0 Å². The molecule has 0 spiro atoms. The van der Waals surface area contributed by atoms with Crippen LogP contribution in [0.3, 0.4) is 0 Å². The third-order valence-electron chi connectivity index (χ3n) is 3.68. The average molecular weight is 453 g/mol. The highest BCUT2D eigenvalue weighted by molar-refractivity contribution is 7.99. The molecular weight excluding hydrogens is 442 g/mol. The van der Waals surface area contributed by atoms with Crippen molar-refractivity contribution in [3.05, 3.63) is 76.9 Å².